The van der Waals surface area contributed by atoms with Crippen LogP contribution in [0.3, 0.4) is 0 Å². The van der Waals surface area contributed by atoms with Gasteiger partial charge in [0.15, 0.2) is 5.76 Å². The Morgan fingerprint density at radius 3 is 2.68 bits per heavy atom. The minimum absolute atomic E-state index is 0.227. The third-order valence-electron chi connectivity index (χ3n) is 3.72. The number of carbonyl (C=O) groups is 2. The molecule has 0 radical (unpaired) electrons. The van der Waals surface area contributed by atoms with E-state index in [0.29, 0.717) is 22.6 Å². The van der Waals surface area contributed by atoms with Gasteiger partial charge in [0.2, 0.25) is 0 Å². The summed E-state index contributed by atoms with van der Waals surface area (Å²) in [6.07, 6.45) is 0.333. The van der Waals surface area contributed by atoms with Crippen LogP contribution in [0.5, 0.6) is 0 Å². The van der Waals surface area contributed by atoms with Gasteiger partial charge in [0.25, 0.3) is 5.91 Å². The van der Waals surface area contributed by atoms with E-state index in [1.807, 2.05) is 0 Å². The van der Waals surface area contributed by atoms with Crippen LogP contribution in [0.25, 0.3) is 11.0 Å². The summed E-state index contributed by atoms with van der Waals surface area (Å²) in [4.78, 5) is 23.2. The van der Waals surface area contributed by atoms with Gasteiger partial charge in [0.1, 0.15) is 5.58 Å². The summed E-state index contributed by atoms with van der Waals surface area (Å²) in [6, 6.07) is 5.17. The van der Waals surface area contributed by atoms with Crippen LogP contribution in [-0.4, -0.2) is 23.5 Å². The van der Waals surface area contributed by atoms with Gasteiger partial charge in [-0.1, -0.05) is 11.6 Å². The number of amides is 1. The number of carboxylic acids is 1. The van der Waals surface area contributed by atoms with Gasteiger partial charge < -0.3 is 14.8 Å². The second-order valence-corrected chi connectivity index (χ2v) is 6.33. The molecule has 0 unspecified atom stereocenters. The first-order valence-corrected chi connectivity index (χ1v) is 7.30. The molecule has 1 aromatic heterocycles. The van der Waals surface area contributed by atoms with Crippen molar-refractivity contribution in [3.63, 3.8) is 0 Å². The molecule has 1 amide bonds. The van der Waals surface area contributed by atoms with E-state index in [4.69, 9.17) is 21.1 Å². The Morgan fingerprint density at radius 2 is 2.05 bits per heavy atom. The molecule has 0 bridgehead atoms. The van der Waals surface area contributed by atoms with Gasteiger partial charge in [-0.2, -0.15) is 0 Å². The monoisotopic (exact) mass is 323 g/mol. The minimum Gasteiger partial charge on any atom is -0.481 e. The number of aliphatic carboxylic acids is 1. The van der Waals surface area contributed by atoms with E-state index >= 15 is 0 Å². The van der Waals surface area contributed by atoms with Gasteiger partial charge in [-0.05, 0) is 45.4 Å². The first-order valence-electron chi connectivity index (χ1n) is 6.92. The molecule has 0 saturated carbocycles. The molecule has 2 N–H and O–H groups in total. The van der Waals surface area contributed by atoms with Crippen molar-refractivity contribution in [1.82, 2.24) is 5.32 Å². The molecule has 1 aromatic carbocycles. The Hall–Kier alpha value is -2.01. The third kappa shape index (κ3) is 3.25. The molecule has 0 saturated heterocycles. The number of fused-ring (bicyclic) bond motifs is 1. The first kappa shape index (κ1) is 16.4. The molecule has 22 heavy (non-hydrogen) atoms. The van der Waals surface area contributed by atoms with Crippen molar-refractivity contribution in [3.05, 3.63) is 34.5 Å². The molecule has 2 rings (SSSR count). The number of nitrogens with one attached hydrogen (secondary N) is 1. The van der Waals surface area contributed by atoms with E-state index in [2.05, 4.69) is 5.32 Å². The summed E-state index contributed by atoms with van der Waals surface area (Å²) in [5.74, 6) is -1.02. The van der Waals surface area contributed by atoms with Crippen molar-refractivity contribution in [2.75, 3.05) is 6.54 Å². The molecule has 118 valence electrons. The standard InChI is InChI=1S/C16H18ClNO4/c1-9-11-8-10(17)4-5-12(11)22-13(9)14(19)18-7-6-16(2,3)15(20)21/h4-5,8H,6-7H2,1-3H3,(H,18,19)(H,20,21). The van der Waals surface area contributed by atoms with E-state index in [-0.39, 0.29) is 18.2 Å². The molecule has 6 heteroatoms. The van der Waals surface area contributed by atoms with Crippen LogP contribution < -0.4 is 5.32 Å². The lowest BCUT2D eigenvalue weighted by molar-refractivity contribution is -0.147. The largest absolute Gasteiger partial charge is 0.481 e. The fraction of sp³-hybridized carbons (Fsp3) is 0.375. The van der Waals surface area contributed by atoms with Gasteiger partial charge >= 0.3 is 5.97 Å². The maximum absolute atomic E-state index is 12.2. The second kappa shape index (κ2) is 6.01. The molecular formula is C16H18ClNO4. The van der Waals surface area contributed by atoms with E-state index in [1.165, 1.54) is 0 Å². The normalized spacial score (nSPS) is 11.6. The number of carbonyl (C=O) groups excluding carboxylic acids is 1. The van der Waals surface area contributed by atoms with Gasteiger partial charge in [0, 0.05) is 22.5 Å². The van der Waals surface area contributed by atoms with Gasteiger partial charge in [0.05, 0.1) is 5.41 Å². The summed E-state index contributed by atoms with van der Waals surface area (Å²) in [5, 5.41) is 13.1. The van der Waals surface area contributed by atoms with Crippen molar-refractivity contribution >= 4 is 34.4 Å². The number of aryl methyl sites for hydroxylation is 1. The second-order valence-electron chi connectivity index (χ2n) is 5.89. The number of rotatable bonds is 5. The fourth-order valence-electron chi connectivity index (χ4n) is 2.09. The maximum atomic E-state index is 12.2. The smallest absolute Gasteiger partial charge is 0.309 e. The van der Waals surface area contributed by atoms with Crippen LogP contribution in [-0.2, 0) is 4.79 Å². The highest BCUT2D eigenvalue weighted by Crippen LogP contribution is 2.28. The Kier molecular flexibility index (Phi) is 4.47. The zero-order chi connectivity index (χ0) is 16.5. The fourth-order valence-corrected chi connectivity index (χ4v) is 2.26. The predicted molar refractivity (Wildman–Crippen MR) is 84.3 cm³/mol. The highest BCUT2D eigenvalue weighted by molar-refractivity contribution is 6.31. The summed E-state index contributed by atoms with van der Waals surface area (Å²) in [7, 11) is 0. The van der Waals surface area contributed by atoms with E-state index in [1.54, 1.807) is 39.0 Å². The zero-order valence-electron chi connectivity index (χ0n) is 12.7. The lowest BCUT2D eigenvalue weighted by atomic mass is 9.90. The number of hydrogen-bond acceptors (Lipinski definition) is 3. The Morgan fingerprint density at radius 1 is 1.36 bits per heavy atom. The molecule has 0 aliphatic carbocycles. The molecule has 0 atom stereocenters. The zero-order valence-corrected chi connectivity index (χ0v) is 13.5. The molecule has 0 spiro atoms. The maximum Gasteiger partial charge on any atom is 0.309 e. The highest BCUT2D eigenvalue weighted by atomic mass is 35.5. The molecule has 0 fully saturated rings. The number of carboxylic acid groups (broad SMARTS) is 1. The molecule has 2 aromatic rings. The van der Waals surface area contributed by atoms with E-state index in [9.17, 15) is 9.59 Å². The molecule has 0 aliphatic heterocycles. The summed E-state index contributed by atoms with van der Waals surface area (Å²) in [5.41, 5.74) is 0.425. The third-order valence-corrected chi connectivity index (χ3v) is 3.95. The molecule has 1 heterocycles. The van der Waals surface area contributed by atoms with Gasteiger partial charge in [-0.25, -0.2) is 0 Å². The van der Waals surface area contributed by atoms with Crippen molar-refractivity contribution in [1.29, 1.82) is 0 Å². The predicted octanol–water partition coefficient (Wildman–Crippen LogP) is 3.63. The van der Waals surface area contributed by atoms with Crippen molar-refractivity contribution in [3.8, 4) is 0 Å². The molecular weight excluding hydrogens is 306 g/mol. The average molecular weight is 324 g/mol. The van der Waals surface area contributed by atoms with E-state index in [0.717, 1.165) is 5.39 Å². The number of hydrogen-bond donors (Lipinski definition) is 2. The summed E-state index contributed by atoms with van der Waals surface area (Å²) >= 11 is 5.95. The van der Waals surface area contributed by atoms with Crippen molar-refractivity contribution in [2.45, 2.75) is 27.2 Å². The van der Waals surface area contributed by atoms with Crippen molar-refractivity contribution in [2.24, 2.45) is 5.41 Å². The summed E-state index contributed by atoms with van der Waals surface area (Å²) in [6.45, 7) is 5.29. The lowest BCUT2D eigenvalue weighted by Gasteiger charge is -2.18. The minimum atomic E-state index is -0.892. The lowest BCUT2D eigenvalue weighted by Crippen LogP contribution is -2.32. The Balaban J connectivity index is 2.11. The van der Waals surface area contributed by atoms with Crippen LogP contribution in [0.1, 0.15) is 36.4 Å². The number of benzene rings is 1. The Labute approximate surface area is 133 Å². The van der Waals surface area contributed by atoms with Crippen LogP contribution in [0.15, 0.2) is 22.6 Å². The SMILES string of the molecule is Cc1c(C(=O)NCCC(C)(C)C(=O)O)oc2ccc(Cl)cc12. The van der Waals surface area contributed by atoms with Crippen LogP contribution in [0, 0.1) is 12.3 Å². The number of halogens is 1. The number of furan rings is 1. The quantitative estimate of drug-likeness (QED) is 0.880. The van der Waals surface area contributed by atoms with Crippen LogP contribution in [0.4, 0.5) is 0 Å². The average Bonchev–Trinajstić information content (AvgIpc) is 2.75. The molecule has 0 aliphatic rings. The molecule has 5 nitrogen and oxygen atoms in total. The first-order chi connectivity index (χ1) is 10.2. The summed E-state index contributed by atoms with van der Waals surface area (Å²) < 4.78 is 5.56. The Bertz CT molecular complexity index is 733. The van der Waals surface area contributed by atoms with Crippen LogP contribution >= 0.6 is 11.6 Å². The van der Waals surface area contributed by atoms with Crippen LogP contribution in [0.2, 0.25) is 5.02 Å². The van der Waals surface area contributed by atoms with E-state index < -0.39 is 11.4 Å². The highest BCUT2D eigenvalue weighted by Gasteiger charge is 2.27. The van der Waals surface area contributed by atoms with Crippen molar-refractivity contribution < 1.29 is 19.1 Å². The van der Waals surface area contributed by atoms with Gasteiger partial charge in [-0.15, -0.1) is 0 Å². The van der Waals surface area contributed by atoms with Gasteiger partial charge in [-0.3, -0.25) is 9.59 Å². The topological polar surface area (TPSA) is 79.5 Å².